The highest BCUT2D eigenvalue weighted by Crippen LogP contribution is 2.34. The van der Waals surface area contributed by atoms with Crippen molar-refractivity contribution in [3.63, 3.8) is 0 Å². The summed E-state index contributed by atoms with van der Waals surface area (Å²) < 4.78 is 42.6. The monoisotopic (exact) mass is 461 g/mol. The van der Waals surface area contributed by atoms with Gasteiger partial charge in [-0.2, -0.15) is 13.2 Å². The van der Waals surface area contributed by atoms with E-state index >= 15 is 0 Å². The molecular formula is C19H16Cl2F3N3O3. The zero-order valence-electron chi connectivity index (χ0n) is 15.3. The third-order valence-corrected chi connectivity index (χ3v) is 5.06. The van der Waals surface area contributed by atoms with Gasteiger partial charge < -0.3 is 15.3 Å². The van der Waals surface area contributed by atoms with Crippen LogP contribution in [0.15, 0.2) is 35.6 Å². The van der Waals surface area contributed by atoms with E-state index in [1.807, 2.05) is 0 Å². The number of nitrogens with zero attached hydrogens (tertiary/aromatic N) is 2. The van der Waals surface area contributed by atoms with Crippen LogP contribution in [-0.2, 0) is 0 Å². The van der Waals surface area contributed by atoms with E-state index in [1.165, 1.54) is 24.3 Å². The van der Waals surface area contributed by atoms with Crippen LogP contribution >= 0.6 is 23.2 Å². The summed E-state index contributed by atoms with van der Waals surface area (Å²) in [7, 11) is 0. The molecule has 0 atom stereocenters. The highest BCUT2D eigenvalue weighted by atomic mass is 35.5. The van der Waals surface area contributed by atoms with Crippen LogP contribution in [-0.4, -0.2) is 41.1 Å². The van der Waals surface area contributed by atoms with E-state index in [2.05, 4.69) is 15.5 Å². The number of aromatic nitrogens is 1. The van der Waals surface area contributed by atoms with Crippen LogP contribution in [0, 0.1) is 5.92 Å². The Morgan fingerprint density at radius 1 is 1.27 bits per heavy atom. The first-order valence-electron chi connectivity index (χ1n) is 8.82. The molecular weight excluding hydrogens is 446 g/mol. The lowest BCUT2D eigenvalue weighted by molar-refractivity contribution is -0.154. The van der Waals surface area contributed by atoms with E-state index in [1.54, 1.807) is 0 Å². The van der Waals surface area contributed by atoms with Crippen LogP contribution in [0.1, 0.15) is 23.2 Å². The number of rotatable bonds is 7. The summed E-state index contributed by atoms with van der Waals surface area (Å²) in [5.41, 5.74) is 1.07. The van der Waals surface area contributed by atoms with Crippen molar-refractivity contribution < 1.29 is 27.9 Å². The minimum absolute atomic E-state index is 0.0500. The summed E-state index contributed by atoms with van der Waals surface area (Å²) in [5, 5.41) is 15.3. The number of ether oxygens (including phenoxy) is 1. The Hall–Kier alpha value is -2.52. The summed E-state index contributed by atoms with van der Waals surface area (Å²) in [6.45, 7) is -1.49. The van der Waals surface area contributed by atoms with Crippen molar-refractivity contribution in [1.29, 1.82) is 0 Å². The number of carbonyl (C=O) groups is 1. The van der Waals surface area contributed by atoms with E-state index in [9.17, 15) is 18.0 Å². The van der Waals surface area contributed by atoms with Crippen LogP contribution in [0.2, 0.25) is 10.0 Å². The van der Waals surface area contributed by atoms with Gasteiger partial charge in [0.05, 0.1) is 27.9 Å². The summed E-state index contributed by atoms with van der Waals surface area (Å²) in [6, 6.07) is 5.78. The fourth-order valence-corrected chi connectivity index (χ4v) is 2.96. The highest BCUT2D eigenvalue weighted by Gasteiger charge is 2.30. The molecule has 11 heteroatoms. The van der Waals surface area contributed by atoms with Gasteiger partial charge in [0, 0.05) is 17.7 Å². The molecule has 30 heavy (non-hydrogen) atoms. The molecule has 6 nitrogen and oxygen atoms in total. The zero-order valence-corrected chi connectivity index (χ0v) is 16.9. The average molecular weight is 462 g/mol. The third-order valence-electron chi connectivity index (χ3n) is 4.32. The van der Waals surface area contributed by atoms with Gasteiger partial charge >= 0.3 is 6.18 Å². The zero-order chi connectivity index (χ0) is 21.9. The summed E-state index contributed by atoms with van der Waals surface area (Å²) in [4.78, 5) is 16.4. The predicted octanol–water partition coefficient (Wildman–Crippen LogP) is 4.97. The van der Waals surface area contributed by atoms with Crippen molar-refractivity contribution in [1.82, 2.24) is 10.3 Å². The molecule has 1 fully saturated rings. The van der Waals surface area contributed by atoms with Crippen LogP contribution < -0.4 is 10.1 Å². The predicted molar refractivity (Wildman–Crippen MR) is 106 cm³/mol. The Morgan fingerprint density at radius 2 is 2.00 bits per heavy atom. The number of carbonyl (C=O) groups excluding carboxylic acids is 1. The molecule has 1 aromatic heterocycles. The number of pyridine rings is 1. The van der Waals surface area contributed by atoms with Gasteiger partial charge in [0.25, 0.3) is 5.91 Å². The normalized spacial score (nSPS) is 14.5. The number of hydrogen-bond acceptors (Lipinski definition) is 5. The molecule has 0 spiro atoms. The van der Waals surface area contributed by atoms with Gasteiger partial charge in [-0.25, -0.2) is 4.98 Å². The minimum atomic E-state index is -4.56. The maximum Gasteiger partial charge on any atom is 0.422 e. The van der Waals surface area contributed by atoms with Crippen LogP contribution in [0.4, 0.5) is 13.2 Å². The number of amides is 1. The largest absolute Gasteiger partial charge is 0.468 e. The van der Waals surface area contributed by atoms with Gasteiger partial charge in [0.15, 0.2) is 6.61 Å². The Balaban J connectivity index is 1.87. The molecule has 0 bridgehead atoms. The second-order valence-electron chi connectivity index (χ2n) is 6.66. The molecule has 1 amide bonds. The van der Waals surface area contributed by atoms with Gasteiger partial charge in [0.2, 0.25) is 5.88 Å². The Kier molecular flexibility index (Phi) is 6.72. The molecule has 1 heterocycles. The van der Waals surface area contributed by atoms with Gasteiger partial charge in [0.1, 0.15) is 0 Å². The van der Waals surface area contributed by atoms with Crippen LogP contribution in [0.5, 0.6) is 5.88 Å². The van der Waals surface area contributed by atoms with Gasteiger partial charge in [-0.15, -0.1) is 0 Å². The minimum Gasteiger partial charge on any atom is -0.468 e. The van der Waals surface area contributed by atoms with Crippen molar-refractivity contribution in [2.45, 2.75) is 19.0 Å². The van der Waals surface area contributed by atoms with E-state index in [0.29, 0.717) is 11.3 Å². The average Bonchev–Trinajstić information content (AvgIpc) is 3.53. The topological polar surface area (TPSA) is 83.8 Å². The fraction of sp³-hybridized carbons (Fsp3) is 0.316. The molecule has 2 N–H and O–H groups in total. The lowest BCUT2D eigenvalue weighted by Gasteiger charge is -2.14. The molecule has 0 unspecified atom stereocenters. The quantitative estimate of drug-likeness (QED) is 0.346. The number of oxime groups is 1. The SMILES string of the molecule is O=C(NCC(=NO)C1CC1)c1cnc(OCC(F)(F)F)c(-c2ccc(Cl)c(Cl)c2)c1. The molecule has 0 saturated heterocycles. The molecule has 0 radical (unpaired) electrons. The third kappa shape index (κ3) is 5.76. The second-order valence-corrected chi connectivity index (χ2v) is 7.47. The summed E-state index contributed by atoms with van der Waals surface area (Å²) in [5.74, 6) is -0.691. The van der Waals surface area contributed by atoms with Crippen LogP contribution in [0.25, 0.3) is 11.1 Å². The lowest BCUT2D eigenvalue weighted by Crippen LogP contribution is -2.30. The van der Waals surface area contributed by atoms with Crippen molar-refractivity contribution >= 4 is 34.8 Å². The maximum atomic E-state index is 12.6. The molecule has 0 aliphatic heterocycles. The fourth-order valence-electron chi connectivity index (χ4n) is 2.66. The summed E-state index contributed by atoms with van der Waals surface area (Å²) >= 11 is 11.9. The van der Waals surface area contributed by atoms with Crippen molar-refractivity contribution in [3.05, 3.63) is 46.1 Å². The summed E-state index contributed by atoms with van der Waals surface area (Å²) in [6.07, 6.45) is -1.67. The first kappa shape index (κ1) is 22.2. The first-order valence-corrected chi connectivity index (χ1v) is 9.57. The molecule has 1 aliphatic carbocycles. The molecule has 2 aromatic rings. The molecule has 1 saturated carbocycles. The second kappa shape index (κ2) is 9.09. The van der Waals surface area contributed by atoms with Crippen molar-refractivity contribution in [2.24, 2.45) is 11.1 Å². The number of benzene rings is 1. The number of halogens is 5. The van der Waals surface area contributed by atoms with Gasteiger partial charge in [-0.1, -0.05) is 34.4 Å². The molecule has 160 valence electrons. The van der Waals surface area contributed by atoms with E-state index < -0.39 is 18.7 Å². The molecule has 1 aliphatic rings. The van der Waals surface area contributed by atoms with E-state index in [4.69, 9.17) is 33.1 Å². The van der Waals surface area contributed by atoms with Crippen molar-refractivity contribution in [2.75, 3.05) is 13.2 Å². The van der Waals surface area contributed by atoms with Gasteiger partial charge in [-0.3, -0.25) is 4.79 Å². The number of nitrogens with one attached hydrogen (secondary N) is 1. The van der Waals surface area contributed by atoms with E-state index in [-0.39, 0.29) is 39.5 Å². The Morgan fingerprint density at radius 3 is 2.60 bits per heavy atom. The molecule has 3 rings (SSSR count). The maximum absolute atomic E-state index is 12.6. The Bertz CT molecular complexity index is 979. The van der Waals surface area contributed by atoms with Crippen molar-refractivity contribution in [3.8, 4) is 17.0 Å². The van der Waals surface area contributed by atoms with Crippen LogP contribution in [0.3, 0.4) is 0 Å². The molecule has 1 aromatic carbocycles. The lowest BCUT2D eigenvalue weighted by atomic mass is 10.0. The smallest absolute Gasteiger partial charge is 0.422 e. The number of alkyl halides is 3. The Labute approximate surface area is 179 Å². The van der Waals surface area contributed by atoms with E-state index in [0.717, 1.165) is 19.0 Å². The number of hydrogen-bond donors (Lipinski definition) is 2. The van der Waals surface area contributed by atoms with Gasteiger partial charge in [-0.05, 0) is 36.6 Å². The standard InChI is InChI=1S/C19H16Cl2F3N3O3/c20-14-4-3-11(6-15(14)21)13-5-12(7-26-18(13)30-9-19(22,23)24)17(28)25-8-16(27-29)10-1-2-10/h3-7,10,29H,1-2,8-9H2,(H,25,28). The first-order chi connectivity index (χ1) is 14.2. The highest BCUT2D eigenvalue weighted by molar-refractivity contribution is 6.42.